The van der Waals surface area contributed by atoms with Gasteiger partial charge in [0.05, 0.1) is 12.2 Å². The van der Waals surface area contributed by atoms with Gasteiger partial charge in [0.1, 0.15) is 0 Å². The first-order valence-electron chi connectivity index (χ1n) is 7.20. The Morgan fingerprint density at radius 2 is 2.10 bits per heavy atom. The van der Waals surface area contributed by atoms with Crippen LogP contribution in [-0.2, 0) is 9.53 Å². The lowest BCUT2D eigenvalue weighted by Crippen LogP contribution is -2.50. The summed E-state index contributed by atoms with van der Waals surface area (Å²) in [5, 5.41) is 0. The number of benzene rings is 1. The molecule has 4 nitrogen and oxygen atoms in total. The van der Waals surface area contributed by atoms with E-state index in [0.29, 0.717) is 32.5 Å². The van der Waals surface area contributed by atoms with E-state index >= 15 is 0 Å². The molecule has 0 aliphatic carbocycles. The SMILES string of the molecule is CC1(C)CN(C(=O)CCC(N)c2ccccc2)CCO1. The van der Waals surface area contributed by atoms with Gasteiger partial charge in [0.25, 0.3) is 0 Å². The Balaban J connectivity index is 1.83. The molecule has 0 aromatic heterocycles. The van der Waals surface area contributed by atoms with Crippen molar-refractivity contribution < 1.29 is 9.53 Å². The first kappa shape index (κ1) is 15.0. The summed E-state index contributed by atoms with van der Waals surface area (Å²) in [5.74, 6) is 0.174. The fourth-order valence-electron chi connectivity index (χ4n) is 2.53. The second-order valence-corrected chi connectivity index (χ2v) is 5.98. The molecule has 1 aromatic rings. The average molecular weight is 276 g/mol. The zero-order valence-electron chi connectivity index (χ0n) is 12.3. The lowest BCUT2D eigenvalue weighted by atomic mass is 10.0. The molecule has 1 aromatic carbocycles. The van der Waals surface area contributed by atoms with Gasteiger partial charge in [-0.15, -0.1) is 0 Å². The Labute approximate surface area is 120 Å². The molecule has 1 fully saturated rings. The molecule has 1 heterocycles. The van der Waals surface area contributed by atoms with Crippen molar-refractivity contribution in [2.75, 3.05) is 19.7 Å². The summed E-state index contributed by atoms with van der Waals surface area (Å²) in [5.41, 5.74) is 6.98. The molecule has 0 radical (unpaired) electrons. The summed E-state index contributed by atoms with van der Waals surface area (Å²) >= 11 is 0. The van der Waals surface area contributed by atoms with Crippen molar-refractivity contribution in [1.29, 1.82) is 0 Å². The van der Waals surface area contributed by atoms with E-state index in [-0.39, 0.29) is 17.6 Å². The molecule has 1 unspecified atom stereocenters. The summed E-state index contributed by atoms with van der Waals surface area (Å²) < 4.78 is 5.62. The first-order chi connectivity index (χ1) is 9.48. The predicted molar refractivity (Wildman–Crippen MR) is 79.2 cm³/mol. The molecule has 2 rings (SSSR count). The van der Waals surface area contributed by atoms with E-state index in [1.807, 2.05) is 49.1 Å². The standard InChI is InChI=1S/C16H24N2O2/c1-16(2)12-18(10-11-20-16)15(19)9-8-14(17)13-6-4-3-5-7-13/h3-7,14H,8-12,17H2,1-2H3. The van der Waals surface area contributed by atoms with E-state index in [1.54, 1.807) is 0 Å². The molecule has 0 saturated carbocycles. The third-order valence-electron chi connectivity index (χ3n) is 3.68. The van der Waals surface area contributed by atoms with E-state index in [9.17, 15) is 4.79 Å². The summed E-state index contributed by atoms with van der Waals surface area (Å²) in [6, 6.07) is 9.86. The minimum Gasteiger partial charge on any atom is -0.372 e. The van der Waals surface area contributed by atoms with Crippen molar-refractivity contribution in [3.8, 4) is 0 Å². The van der Waals surface area contributed by atoms with Crippen LogP contribution in [0.25, 0.3) is 0 Å². The molecule has 110 valence electrons. The van der Waals surface area contributed by atoms with Crippen LogP contribution in [-0.4, -0.2) is 36.1 Å². The number of hydrogen-bond acceptors (Lipinski definition) is 3. The monoisotopic (exact) mass is 276 g/mol. The van der Waals surface area contributed by atoms with E-state index < -0.39 is 0 Å². The van der Waals surface area contributed by atoms with E-state index in [0.717, 1.165) is 5.56 Å². The second-order valence-electron chi connectivity index (χ2n) is 5.98. The van der Waals surface area contributed by atoms with Gasteiger partial charge in [-0.05, 0) is 25.8 Å². The molecule has 1 atom stereocenters. The molecular formula is C16H24N2O2. The molecule has 0 bridgehead atoms. The zero-order valence-corrected chi connectivity index (χ0v) is 12.3. The molecule has 4 heteroatoms. The Morgan fingerprint density at radius 3 is 2.75 bits per heavy atom. The normalized spacial score (nSPS) is 19.6. The highest BCUT2D eigenvalue weighted by Gasteiger charge is 2.29. The average Bonchev–Trinajstić information content (AvgIpc) is 2.44. The topological polar surface area (TPSA) is 55.6 Å². The zero-order chi connectivity index (χ0) is 14.6. The summed E-state index contributed by atoms with van der Waals surface area (Å²) in [6.07, 6.45) is 1.17. The van der Waals surface area contributed by atoms with Crippen molar-refractivity contribution in [2.45, 2.75) is 38.3 Å². The molecule has 1 aliphatic heterocycles. The van der Waals surface area contributed by atoms with Gasteiger partial charge in [-0.1, -0.05) is 30.3 Å². The van der Waals surface area contributed by atoms with Crippen LogP contribution in [0.4, 0.5) is 0 Å². The molecule has 1 aliphatic rings. The summed E-state index contributed by atoms with van der Waals surface area (Å²) in [6.45, 7) is 5.99. The highest BCUT2D eigenvalue weighted by atomic mass is 16.5. The van der Waals surface area contributed by atoms with Crippen molar-refractivity contribution in [2.24, 2.45) is 5.73 Å². The van der Waals surface area contributed by atoms with Gasteiger partial charge in [0, 0.05) is 25.6 Å². The minimum atomic E-state index is -0.241. The third kappa shape index (κ3) is 4.05. The number of amides is 1. The summed E-state index contributed by atoms with van der Waals surface area (Å²) in [7, 11) is 0. The number of nitrogens with zero attached hydrogens (tertiary/aromatic N) is 1. The van der Waals surface area contributed by atoms with Gasteiger partial charge in [-0.3, -0.25) is 4.79 Å². The Morgan fingerprint density at radius 1 is 1.40 bits per heavy atom. The summed E-state index contributed by atoms with van der Waals surface area (Å²) in [4.78, 5) is 14.1. The van der Waals surface area contributed by atoms with E-state index in [2.05, 4.69) is 0 Å². The van der Waals surface area contributed by atoms with E-state index in [4.69, 9.17) is 10.5 Å². The van der Waals surface area contributed by atoms with E-state index in [1.165, 1.54) is 0 Å². The van der Waals surface area contributed by atoms with Crippen LogP contribution >= 0.6 is 0 Å². The Hall–Kier alpha value is -1.39. The molecule has 20 heavy (non-hydrogen) atoms. The molecular weight excluding hydrogens is 252 g/mol. The van der Waals surface area contributed by atoms with Crippen molar-refractivity contribution in [1.82, 2.24) is 4.90 Å². The number of nitrogens with two attached hydrogens (primary N) is 1. The van der Waals surface area contributed by atoms with Crippen LogP contribution in [0.1, 0.15) is 38.3 Å². The number of ether oxygens (including phenoxy) is 1. The number of carbonyl (C=O) groups is 1. The van der Waals surface area contributed by atoms with Crippen molar-refractivity contribution in [3.05, 3.63) is 35.9 Å². The van der Waals surface area contributed by atoms with Crippen LogP contribution in [0.3, 0.4) is 0 Å². The maximum absolute atomic E-state index is 12.2. The van der Waals surface area contributed by atoms with Gasteiger partial charge in [0.2, 0.25) is 5.91 Å². The molecule has 2 N–H and O–H groups in total. The lowest BCUT2D eigenvalue weighted by molar-refractivity contribution is -0.146. The van der Waals surface area contributed by atoms with Crippen LogP contribution in [0.15, 0.2) is 30.3 Å². The number of carbonyl (C=O) groups excluding carboxylic acids is 1. The highest BCUT2D eigenvalue weighted by Crippen LogP contribution is 2.19. The maximum Gasteiger partial charge on any atom is 0.222 e. The maximum atomic E-state index is 12.2. The third-order valence-corrected chi connectivity index (χ3v) is 3.68. The number of rotatable bonds is 4. The Bertz CT molecular complexity index is 445. The first-order valence-corrected chi connectivity index (χ1v) is 7.20. The Kier molecular flexibility index (Phi) is 4.78. The van der Waals surface area contributed by atoms with Crippen molar-refractivity contribution in [3.63, 3.8) is 0 Å². The number of hydrogen-bond donors (Lipinski definition) is 1. The lowest BCUT2D eigenvalue weighted by Gasteiger charge is -2.38. The fourth-order valence-corrected chi connectivity index (χ4v) is 2.53. The highest BCUT2D eigenvalue weighted by molar-refractivity contribution is 5.76. The smallest absolute Gasteiger partial charge is 0.222 e. The van der Waals surface area contributed by atoms with Gasteiger partial charge in [-0.25, -0.2) is 0 Å². The number of morpholine rings is 1. The van der Waals surface area contributed by atoms with Crippen molar-refractivity contribution >= 4 is 5.91 Å². The van der Waals surface area contributed by atoms with Gasteiger partial charge in [0.15, 0.2) is 0 Å². The van der Waals surface area contributed by atoms with Gasteiger partial charge in [-0.2, -0.15) is 0 Å². The van der Waals surface area contributed by atoms with Gasteiger partial charge < -0.3 is 15.4 Å². The van der Waals surface area contributed by atoms with Crippen LogP contribution in [0.2, 0.25) is 0 Å². The predicted octanol–water partition coefficient (Wildman–Crippen LogP) is 2.10. The van der Waals surface area contributed by atoms with Crippen LogP contribution < -0.4 is 5.73 Å². The second kappa shape index (κ2) is 6.37. The molecule has 1 saturated heterocycles. The molecule has 1 amide bonds. The van der Waals surface area contributed by atoms with Gasteiger partial charge >= 0.3 is 0 Å². The molecule has 0 spiro atoms. The van der Waals surface area contributed by atoms with Crippen LogP contribution in [0.5, 0.6) is 0 Å². The van der Waals surface area contributed by atoms with Crippen LogP contribution in [0, 0.1) is 0 Å². The minimum absolute atomic E-state index is 0.0748. The largest absolute Gasteiger partial charge is 0.372 e. The quantitative estimate of drug-likeness (QED) is 0.916. The fraction of sp³-hybridized carbons (Fsp3) is 0.562.